The molecular formula is C23H29N5O3. The maximum Gasteiger partial charge on any atom is 0.258 e. The van der Waals surface area contributed by atoms with Gasteiger partial charge in [-0.25, -0.2) is 4.98 Å². The van der Waals surface area contributed by atoms with Crippen molar-refractivity contribution >= 4 is 11.5 Å². The number of nitrogens with zero attached hydrogens (tertiary/aromatic N) is 4. The zero-order valence-electron chi connectivity index (χ0n) is 18.5. The average molecular weight is 424 g/mol. The standard InChI is InChI=1S/C23H29N5O3/c1-15(2)22-26-23(31-27-22)16-5-8-24-21(11-16)28-9-6-17(7-10-28)25-18-12-19(29-3)14-20(13-18)30-4/h5,8,11-15,17,25H,6-7,9-10H2,1-4H3. The smallest absolute Gasteiger partial charge is 0.258 e. The van der Waals surface area contributed by atoms with Gasteiger partial charge >= 0.3 is 0 Å². The number of nitrogens with one attached hydrogen (secondary N) is 1. The first-order valence-electron chi connectivity index (χ1n) is 10.6. The van der Waals surface area contributed by atoms with E-state index in [9.17, 15) is 0 Å². The van der Waals surface area contributed by atoms with E-state index < -0.39 is 0 Å². The lowest BCUT2D eigenvalue weighted by Gasteiger charge is -2.33. The molecule has 3 aromatic rings. The molecule has 0 amide bonds. The molecular weight excluding hydrogens is 394 g/mol. The summed E-state index contributed by atoms with van der Waals surface area (Å²) in [4.78, 5) is 11.4. The van der Waals surface area contributed by atoms with Crippen molar-refractivity contribution in [1.82, 2.24) is 15.1 Å². The molecule has 0 aliphatic carbocycles. The predicted molar refractivity (Wildman–Crippen MR) is 120 cm³/mol. The summed E-state index contributed by atoms with van der Waals surface area (Å²) in [5.74, 6) is 3.98. The van der Waals surface area contributed by atoms with Gasteiger partial charge in [-0.2, -0.15) is 4.98 Å². The third-order valence-electron chi connectivity index (χ3n) is 5.49. The molecule has 0 atom stereocenters. The van der Waals surface area contributed by atoms with Gasteiger partial charge in [0.05, 0.1) is 14.2 Å². The average Bonchev–Trinajstić information content (AvgIpc) is 3.30. The van der Waals surface area contributed by atoms with Crippen LogP contribution in [0.1, 0.15) is 38.4 Å². The zero-order valence-corrected chi connectivity index (χ0v) is 18.5. The molecule has 1 fully saturated rings. The minimum absolute atomic E-state index is 0.231. The molecule has 1 aliphatic rings. The van der Waals surface area contributed by atoms with E-state index in [1.807, 2.05) is 44.2 Å². The van der Waals surface area contributed by atoms with Crippen LogP contribution in [0.25, 0.3) is 11.5 Å². The number of methoxy groups -OCH3 is 2. The van der Waals surface area contributed by atoms with Crippen molar-refractivity contribution in [3.05, 3.63) is 42.4 Å². The van der Waals surface area contributed by atoms with Gasteiger partial charge < -0.3 is 24.2 Å². The molecule has 8 nitrogen and oxygen atoms in total. The number of ether oxygens (including phenoxy) is 2. The Bertz CT molecular complexity index is 990. The lowest BCUT2D eigenvalue weighted by atomic mass is 10.0. The highest BCUT2D eigenvalue weighted by Gasteiger charge is 2.21. The van der Waals surface area contributed by atoms with Crippen LogP contribution in [0.2, 0.25) is 0 Å². The quantitative estimate of drug-likeness (QED) is 0.600. The Morgan fingerprint density at radius 3 is 2.39 bits per heavy atom. The van der Waals surface area contributed by atoms with Gasteiger partial charge in [0.2, 0.25) is 0 Å². The highest BCUT2D eigenvalue weighted by atomic mass is 16.5. The second kappa shape index (κ2) is 9.24. The molecule has 1 aliphatic heterocycles. The van der Waals surface area contributed by atoms with Crippen LogP contribution >= 0.6 is 0 Å². The number of piperidine rings is 1. The van der Waals surface area contributed by atoms with Gasteiger partial charge in [-0.3, -0.25) is 0 Å². The van der Waals surface area contributed by atoms with Gasteiger partial charge in [-0.05, 0) is 25.0 Å². The molecule has 31 heavy (non-hydrogen) atoms. The molecule has 4 rings (SSSR count). The number of anilines is 2. The summed E-state index contributed by atoms with van der Waals surface area (Å²) in [6.07, 6.45) is 3.81. The predicted octanol–water partition coefficient (Wildman–Crippen LogP) is 4.35. The summed E-state index contributed by atoms with van der Waals surface area (Å²) in [7, 11) is 3.33. The Kier molecular flexibility index (Phi) is 6.25. The van der Waals surface area contributed by atoms with Crippen LogP contribution in [-0.2, 0) is 0 Å². The molecule has 0 unspecified atom stereocenters. The first-order chi connectivity index (χ1) is 15.1. The van der Waals surface area contributed by atoms with Gasteiger partial charge in [0.25, 0.3) is 5.89 Å². The number of pyridine rings is 1. The van der Waals surface area contributed by atoms with Crippen molar-refractivity contribution in [2.75, 3.05) is 37.5 Å². The van der Waals surface area contributed by atoms with E-state index in [1.165, 1.54) is 0 Å². The van der Waals surface area contributed by atoms with Crippen LogP contribution in [0.3, 0.4) is 0 Å². The van der Waals surface area contributed by atoms with E-state index in [4.69, 9.17) is 14.0 Å². The number of benzene rings is 1. The zero-order chi connectivity index (χ0) is 21.8. The summed E-state index contributed by atoms with van der Waals surface area (Å²) >= 11 is 0. The van der Waals surface area contributed by atoms with Crippen molar-refractivity contribution in [3.63, 3.8) is 0 Å². The van der Waals surface area contributed by atoms with Gasteiger partial charge in [0.15, 0.2) is 5.82 Å². The SMILES string of the molecule is COc1cc(NC2CCN(c3cc(-c4nc(C(C)C)no4)ccn3)CC2)cc(OC)c1. The summed E-state index contributed by atoms with van der Waals surface area (Å²) in [5.41, 5.74) is 1.90. The summed E-state index contributed by atoms with van der Waals surface area (Å²) in [6.45, 7) is 5.92. The van der Waals surface area contributed by atoms with Crippen LogP contribution in [0.15, 0.2) is 41.1 Å². The van der Waals surface area contributed by atoms with Gasteiger partial charge in [0, 0.05) is 60.7 Å². The molecule has 1 saturated heterocycles. The summed E-state index contributed by atoms with van der Waals surface area (Å²) in [6, 6.07) is 10.2. The van der Waals surface area contributed by atoms with Crippen molar-refractivity contribution in [3.8, 4) is 23.0 Å². The Labute approximate surface area is 182 Å². The summed E-state index contributed by atoms with van der Waals surface area (Å²) in [5, 5.41) is 7.67. The Morgan fingerprint density at radius 2 is 1.77 bits per heavy atom. The van der Waals surface area contributed by atoms with Crippen molar-refractivity contribution in [2.45, 2.75) is 38.6 Å². The minimum atomic E-state index is 0.231. The molecule has 0 bridgehead atoms. The maximum absolute atomic E-state index is 5.44. The van der Waals surface area contributed by atoms with Crippen LogP contribution in [0.5, 0.6) is 11.5 Å². The number of aromatic nitrogens is 3. The molecule has 0 saturated carbocycles. The van der Waals surface area contributed by atoms with E-state index in [0.29, 0.717) is 11.9 Å². The Morgan fingerprint density at radius 1 is 1.06 bits per heavy atom. The first kappa shape index (κ1) is 21.0. The van der Waals surface area contributed by atoms with Crippen molar-refractivity contribution < 1.29 is 14.0 Å². The second-order valence-electron chi connectivity index (χ2n) is 8.02. The van der Waals surface area contributed by atoms with E-state index >= 15 is 0 Å². The lowest BCUT2D eigenvalue weighted by molar-refractivity contribution is 0.394. The molecule has 164 valence electrons. The fourth-order valence-electron chi connectivity index (χ4n) is 3.69. The molecule has 1 N–H and O–H groups in total. The summed E-state index contributed by atoms with van der Waals surface area (Å²) < 4.78 is 16.2. The first-order valence-corrected chi connectivity index (χ1v) is 10.6. The van der Waals surface area contributed by atoms with Gasteiger partial charge in [-0.1, -0.05) is 19.0 Å². The van der Waals surface area contributed by atoms with Crippen LogP contribution < -0.4 is 19.7 Å². The topological polar surface area (TPSA) is 85.5 Å². The molecule has 3 heterocycles. The van der Waals surface area contributed by atoms with Crippen LogP contribution in [-0.4, -0.2) is 48.5 Å². The molecule has 0 radical (unpaired) electrons. The van der Waals surface area contributed by atoms with E-state index in [0.717, 1.165) is 60.3 Å². The van der Waals surface area contributed by atoms with E-state index in [1.54, 1.807) is 20.4 Å². The van der Waals surface area contributed by atoms with Crippen molar-refractivity contribution in [2.24, 2.45) is 0 Å². The second-order valence-corrected chi connectivity index (χ2v) is 8.02. The largest absolute Gasteiger partial charge is 0.497 e. The number of hydrogen-bond donors (Lipinski definition) is 1. The molecule has 8 heteroatoms. The Balaban J connectivity index is 1.40. The molecule has 0 spiro atoms. The molecule has 1 aromatic carbocycles. The van der Waals surface area contributed by atoms with Crippen LogP contribution in [0, 0.1) is 0 Å². The number of rotatable bonds is 7. The number of hydrogen-bond acceptors (Lipinski definition) is 8. The normalized spacial score (nSPS) is 14.7. The van der Waals surface area contributed by atoms with Crippen LogP contribution in [0.4, 0.5) is 11.5 Å². The molecule has 2 aromatic heterocycles. The minimum Gasteiger partial charge on any atom is -0.497 e. The highest BCUT2D eigenvalue weighted by molar-refractivity contribution is 5.59. The monoisotopic (exact) mass is 423 g/mol. The third kappa shape index (κ3) is 4.90. The fraction of sp³-hybridized carbons (Fsp3) is 0.435. The lowest BCUT2D eigenvalue weighted by Crippen LogP contribution is -2.39. The van der Waals surface area contributed by atoms with E-state index in [-0.39, 0.29) is 5.92 Å². The fourth-order valence-corrected chi connectivity index (χ4v) is 3.69. The van der Waals surface area contributed by atoms with Gasteiger partial charge in [-0.15, -0.1) is 0 Å². The third-order valence-corrected chi connectivity index (χ3v) is 5.49. The maximum atomic E-state index is 5.44. The highest BCUT2D eigenvalue weighted by Crippen LogP contribution is 2.29. The van der Waals surface area contributed by atoms with Gasteiger partial charge in [0.1, 0.15) is 17.3 Å². The van der Waals surface area contributed by atoms with E-state index in [2.05, 4.69) is 25.3 Å². The Hall–Kier alpha value is -3.29. The van der Waals surface area contributed by atoms with Crippen molar-refractivity contribution in [1.29, 1.82) is 0 Å².